The number of carbonyl (C=O) groups excluding carboxylic acids is 2. The number of esters is 1. The summed E-state index contributed by atoms with van der Waals surface area (Å²) in [7, 11) is 1.38. The molecule has 190 valence electrons. The molecule has 3 aromatic carbocycles. The van der Waals surface area contributed by atoms with Crippen LogP contribution in [0.3, 0.4) is 0 Å². The summed E-state index contributed by atoms with van der Waals surface area (Å²) in [5.74, 6) is -0.561. The fourth-order valence-electron chi connectivity index (χ4n) is 4.98. The molecule has 0 aromatic heterocycles. The Balaban J connectivity index is 1.89. The minimum Gasteiger partial charge on any atom is -0.467 e. The van der Waals surface area contributed by atoms with E-state index in [1.54, 1.807) is 0 Å². The maximum absolute atomic E-state index is 13.7. The molecule has 0 bridgehead atoms. The Morgan fingerprint density at radius 3 is 1.61 bits per heavy atom. The van der Waals surface area contributed by atoms with Gasteiger partial charge in [-0.25, -0.2) is 4.79 Å². The maximum atomic E-state index is 13.7. The molecule has 4 nitrogen and oxygen atoms in total. The second-order valence-corrected chi connectivity index (χ2v) is 9.38. The van der Waals surface area contributed by atoms with Crippen LogP contribution in [-0.2, 0) is 19.7 Å². The second-order valence-electron chi connectivity index (χ2n) is 9.38. The fourth-order valence-corrected chi connectivity index (χ4v) is 4.98. The molecular formula is C32H39NO3. The highest BCUT2D eigenvalue weighted by Gasteiger charge is 2.39. The van der Waals surface area contributed by atoms with Crippen LogP contribution in [0.2, 0.25) is 0 Å². The molecule has 0 saturated carbocycles. The van der Waals surface area contributed by atoms with Gasteiger partial charge in [0.15, 0.2) is 0 Å². The first kappa shape index (κ1) is 27.2. The molecule has 1 N–H and O–H groups in total. The van der Waals surface area contributed by atoms with Gasteiger partial charge in [-0.15, -0.1) is 0 Å². The number of amides is 1. The summed E-state index contributed by atoms with van der Waals surface area (Å²) in [6, 6.07) is 29.8. The molecule has 0 aliphatic heterocycles. The summed E-state index contributed by atoms with van der Waals surface area (Å²) < 4.78 is 5.04. The van der Waals surface area contributed by atoms with Gasteiger partial charge in [-0.1, -0.05) is 136 Å². The Hall–Kier alpha value is -3.40. The van der Waals surface area contributed by atoms with E-state index < -0.39 is 11.5 Å². The number of rotatable bonds is 14. The van der Waals surface area contributed by atoms with Crippen LogP contribution in [0.4, 0.5) is 0 Å². The lowest BCUT2D eigenvalue weighted by atomic mass is 9.67. The number of ether oxygens (including phenoxy) is 1. The topological polar surface area (TPSA) is 55.4 Å². The average molecular weight is 486 g/mol. The normalized spacial score (nSPS) is 12.1. The Kier molecular flexibility index (Phi) is 10.7. The van der Waals surface area contributed by atoms with Crippen LogP contribution in [0.15, 0.2) is 91.0 Å². The summed E-state index contributed by atoms with van der Waals surface area (Å²) in [6.45, 7) is 2.20. The predicted molar refractivity (Wildman–Crippen MR) is 146 cm³/mol. The third kappa shape index (κ3) is 7.07. The van der Waals surface area contributed by atoms with Gasteiger partial charge in [0.2, 0.25) is 5.91 Å². The molecule has 36 heavy (non-hydrogen) atoms. The van der Waals surface area contributed by atoms with Crippen LogP contribution < -0.4 is 5.32 Å². The van der Waals surface area contributed by atoms with E-state index in [2.05, 4.69) is 48.6 Å². The maximum Gasteiger partial charge on any atom is 0.328 e. The SMILES string of the molecule is CCCCCCCC[C@H](NC(=O)CC(c1ccccc1)(c1ccccc1)c1ccccc1)C(=O)OC. The van der Waals surface area contributed by atoms with E-state index in [-0.39, 0.29) is 18.3 Å². The van der Waals surface area contributed by atoms with Gasteiger partial charge in [0.05, 0.1) is 12.5 Å². The molecule has 0 unspecified atom stereocenters. The first-order valence-corrected chi connectivity index (χ1v) is 13.2. The highest BCUT2D eigenvalue weighted by Crippen LogP contribution is 2.42. The molecule has 1 atom stereocenters. The Bertz CT molecular complexity index is 954. The van der Waals surface area contributed by atoms with Crippen molar-refractivity contribution in [2.75, 3.05) is 7.11 Å². The zero-order valence-electron chi connectivity index (χ0n) is 21.6. The van der Waals surface area contributed by atoms with Crippen LogP contribution >= 0.6 is 0 Å². The number of nitrogens with one attached hydrogen (secondary N) is 1. The summed E-state index contributed by atoms with van der Waals surface area (Å²) in [6.07, 6.45) is 7.48. The summed E-state index contributed by atoms with van der Waals surface area (Å²) >= 11 is 0. The number of hydrogen-bond acceptors (Lipinski definition) is 3. The number of methoxy groups -OCH3 is 1. The quantitative estimate of drug-likeness (QED) is 0.155. The van der Waals surface area contributed by atoms with Crippen molar-refractivity contribution in [2.24, 2.45) is 0 Å². The highest BCUT2D eigenvalue weighted by molar-refractivity contribution is 5.86. The summed E-state index contributed by atoms with van der Waals surface area (Å²) in [5, 5.41) is 3.02. The summed E-state index contributed by atoms with van der Waals surface area (Å²) in [4.78, 5) is 26.2. The molecule has 0 aliphatic rings. The molecule has 0 spiro atoms. The second kappa shape index (κ2) is 14.2. The molecule has 0 saturated heterocycles. The minimum absolute atomic E-state index is 0.173. The van der Waals surface area contributed by atoms with Gasteiger partial charge in [0.25, 0.3) is 0 Å². The lowest BCUT2D eigenvalue weighted by molar-refractivity contribution is -0.145. The third-order valence-corrected chi connectivity index (χ3v) is 6.89. The molecule has 0 aliphatic carbocycles. The Labute approximate surface area is 216 Å². The van der Waals surface area contributed by atoms with Gasteiger partial charge in [-0.2, -0.15) is 0 Å². The highest BCUT2D eigenvalue weighted by atomic mass is 16.5. The van der Waals surface area contributed by atoms with Crippen molar-refractivity contribution in [2.45, 2.75) is 69.7 Å². The van der Waals surface area contributed by atoms with E-state index in [0.717, 1.165) is 36.0 Å². The predicted octanol–water partition coefficient (Wildman–Crippen LogP) is 6.82. The van der Waals surface area contributed by atoms with E-state index >= 15 is 0 Å². The largest absolute Gasteiger partial charge is 0.467 e. The van der Waals surface area contributed by atoms with Gasteiger partial charge < -0.3 is 10.1 Å². The van der Waals surface area contributed by atoms with Gasteiger partial charge >= 0.3 is 5.97 Å². The first-order chi connectivity index (χ1) is 17.6. The van der Waals surface area contributed by atoms with Crippen LogP contribution in [0.1, 0.15) is 75.0 Å². The minimum atomic E-state index is -0.700. The van der Waals surface area contributed by atoms with Crippen LogP contribution in [0, 0.1) is 0 Å². The fraction of sp³-hybridized carbons (Fsp3) is 0.375. The molecular weight excluding hydrogens is 446 g/mol. The van der Waals surface area contributed by atoms with Gasteiger partial charge in [-0.05, 0) is 23.1 Å². The zero-order chi connectivity index (χ0) is 25.6. The van der Waals surface area contributed by atoms with Crippen molar-refractivity contribution in [3.05, 3.63) is 108 Å². The van der Waals surface area contributed by atoms with E-state index in [4.69, 9.17) is 4.74 Å². The molecule has 3 aromatic rings. The molecule has 4 heteroatoms. The Morgan fingerprint density at radius 2 is 1.17 bits per heavy atom. The standard InChI is InChI=1S/C32H39NO3/c1-3-4-5-6-7-17-24-29(31(35)36-2)33-30(34)25-32(26-18-11-8-12-19-26,27-20-13-9-14-21-27)28-22-15-10-16-23-28/h8-16,18-23,29H,3-7,17,24-25H2,1-2H3,(H,33,34)/t29-/m0/s1. The first-order valence-electron chi connectivity index (χ1n) is 13.2. The monoisotopic (exact) mass is 485 g/mol. The lowest BCUT2D eigenvalue weighted by Gasteiger charge is -2.36. The molecule has 0 radical (unpaired) electrons. The van der Waals surface area contributed by atoms with Gasteiger partial charge in [-0.3, -0.25) is 4.79 Å². The average Bonchev–Trinajstić information content (AvgIpc) is 2.94. The Morgan fingerprint density at radius 1 is 0.722 bits per heavy atom. The van der Waals surface area contributed by atoms with Crippen LogP contribution in [0.5, 0.6) is 0 Å². The van der Waals surface area contributed by atoms with E-state index in [9.17, 15) is 9.59 Å². The molecule has 0 fully saturated rings. The number of carbonyl (C=O) groups is 2. The van der Waals surface area contributed by atoms with Crippen molar-refractivity contribution in [3.63, 3.8) is 0 Å². The van der Waals surface area contributed by atoms with Crippen molar-refractivity contribution in [1.29, 1.82) is 0 Å². The van der Waals surface area contributed by atoms with Crippen LogP contribution in [-0.4, -0.2) is 25.0 Å². The molecule has 0 heterocycles. The molecule has 1 amide bonds. The van der Waals surface area contributed by atoms with Crippen molar-refractivity contribution >= 4 is 11.9 Å². The third-order valence-electron chi connectivity index (χ3n) is 6.89. The molecule has 3 rings (SSSR count). The van der Waals surface area contributed by atoms with E-state index in [1.807, 2.05) is 54.6 Å². The van der Waals surface area contributed by atoms with Gasteiger partial charge in [0.1, 0.15) is 6.04 Å². The van der Waals surface area contributed by atoms with Crippen LogP contribution in [0.25, 0.3) is 0 Å². The number of hydrogen-bond donors (Lipinski definition) is 1. The van der Waals surface area contributed by atoms with E-state index in [0.29, 0.717) is 6.42 Å². The van der Waals surface area contributed by atoms with E-state index in [1.165, 1.54) is 26.4 Å². The smallest absolute Gasteiger partial charge is 0.328 e. The lowest BCUT2D eigenvalue weighted by Crippen LogP contribution is -2.45. The van der Waals surface area contributed by atoms with Gasteiger partial charge in [0, 0.05) is 6.42 Å². The van der Waals surface area contributed by atoms with Crippen molar-refractivity contribution in [1.82, 2.24) is 5.32 Å². The number of benzene rings is 3. The number of unbranched alkanes of at least 4 members (excludes halogenated alkanes) is 5. The summed E-state index contributed by atoms with van der Waals surface area (Å²) in [5.41, 5.74) is 2.39. The van der Waals surface area contributed by atoms with Crippen molar-refractivity contribution < 1.29 is 14.3 Å². The van der Waals surface area contributed by atoms with Crippen molar-refractivity contribution in [3.8, 4) is 0 Å². The zero-order valence-corrected chi connectivity index (χ0v) is 21.6.